The van der Waals surface area contributed by atoms with Crippen LogP contribution in [0.3, 0.4) is 0 Å². The summed E-state index contributed by atoms with van der Waals surface area (Å²) in [6.07, 6.45) is 3.01. The zero-order valence-corrected chi connectivity index (χ0v) is 21.1. The minimum absolute atomic E-state index is 0.281. The predicted octanol–water partition coefficient (Wildman–Crippen LogP) is 6.18. The van der Waals surface area contributed by atoms with Gasteiger partial charge in [-0.25, -0.2) is 0 Å². The smallest absolute Gasteiger partial charge is 0.191 e. The van der Waals surface area contributed by atoms with Gasteiger partial charge >= 0.3 is 0 Å². The highest BCUT2D eigenvalue weighted by atomic mass is 16.8. The van der Waals surface area contributed by atoms with E-state index in [9.17, 15) is 0 Å². The zero-order chi connectivity index (χ0) is 25.0. The number of rotatable bonds is 9. The summed E-state index contributed by atoms with van der Waals surface area (Å²) in [4.78, 5) is 0. The Morgan fingerprint density at radius 1 is 0.806 bits per heavy atom. The van der Waals surface area contributed by atoms with Gasteiger partial charge in [-0.05, 0) is 37.0 Å². The molecule has 5 rings (SSSR count). The predicted molar refractivity (Wildman–Crippen MR) is 138 cm³/mol. The van der Waals surface area contributed by atoms with Crippen molar-refractivity contribution < 1.29 is 23.7 Å². The monoisotopic (exact) mass is 486 g/mol. The van der Waals surface area contributed by atoms with Gasteiger partial charge in [0.25, 0.3) is 0 Å². The van der Waals surface area contributed by atoms with E-state index >= 15 is 0 Å². The van der Waals surface area contributed by atoms with Crippen LogP contribution >= 0.6 is 0 Å². The maximum absolute atomic E-state index is 6.99. The van der Waals surface area contributed by atoms with Crippen molar-refractivity contribution >= 4 is 0 Å². The zero-order valence-electron chi connectivity index (χ0n) is 21.1. The summed E-state index contributed by atoms with van der Waals surface area (Å²) >= 11 is 0. The molecular weight excluding hydrogens is 452 g/mol. The van der Waals surface area contributed by atoms with Crippen molar-refractivity contribution in [3.8, 4) is 0 Å². The van der Waals surface area contributed by atoms with Gasteiger partial charge < -0.3 is 23.7 Å². The first-order chi connectivity index (χ1) is 17.5. The van der Waals surface area contributed by atoms with Crippen LogP contribution in [0.25, 0.3) is 0 Å². The highest BCUT2D eigenvalue weighted by Crippen LogP contribution is 2.43. The molecule has 0 amide bonds. The van der Waals surface area contributed by atoms with Crippen LogP contribution < -0.4 is 0 Å². The Morgan fingerprint density at radius 3 is 1.83 bits per heavy atom. The van der Waals surface area contributed by atoms with E-state index in [-0.39, 0.29) is 24.9 Å². The molecule has 3 aromatic rings. The van der Waals surface area contributed by atoms with Crippen LogP contribution in [0.5, 0.6) is 0 Å². The van der Waals surface area contributed by atoms with Crippen LogP contribution in [-0.4, -0.2) is 37.0 Å². The lowest BCUT2D eigenvalue weighted by atomic mass is 9.80. The highest BCUT2D eigenvalue weighted by molar-refractivity contribution is 5.47. The second-order valence-electron chi connectivity index (χ2n) is 9.61. The molecule has 5 nitrogen and oxygen atoms in total. The summed E-state index contributed by atoms with van der Waals surface area (Å²) in [5.41, 5.74) is 2.28. The van der Waals surface area contributed by atoms with E-state index in [2.05, 4.69) is 43.3 Å². The van der Waals surface area contributed by atoms with Crippen molar-refractivity contribution in [2.45, 2.75) is 63.2 Å². The van der Waals surface area contributed by atoms with E-state index in [1.54, 1.807) is 6.26 Å². The summed E-state index contributed by atoms with van der Waals surface area (Å²) < 4.78 is 31.7. The Balaban J connectivity index is 1.51. The van der Waals surface area contributed by atoms with E-state index in [0.29, 0.717) is 0 Å². The Morgan fingerprint density at radius 2 is 1.33 bits per heavy atom. The van der Waals surface area contributed by atoms with E-state index in [1.807, 2.05) is 74.5 Å². The summed E-state index contributed by atoms with van der Waals surface area (Å²) in [7, 11) is 0. The van der Waals surface area contributed by atoms with Crippen molar-refractivity contribution in [3.05, 3.63) is 120 Å². The molecule has 5 heteroatoms. The maximum atomic E-state index is 6.99. The molecule has 4 atom stereocenters. The molecule has 0 bridgehead atoms. The van der Waals surface area contributed by atoms with Crippen molar-refractivity contribution in [1.29, 1.82) is 0 Å². The standard InChI is InChI=1S/C31H34O5/c1-4-5-21-32-27-26(34-29-28(27)35-30(2,3)36-29)22-33-31(23-15-9-6-10-16-23,24-17-11-7-12-18-24)25-19-13-8-14-20-25/h5-21,26-29H,4,22H2,1-3H3/b21-5-/t26-,27+,28-,29-/m1/s1. The number of ether oxygens (including phenoxy) is 5. The molecule has 2 aliphatic heterocycles. The quantitative estimate of drug-likeness (QED) is 0.267. The lowest BCUT2D eigenvalue weighted by molar-refractivity contribution is -0.223. The molecule has 0 saturated carbocycles. The topological polar surface area (TPSA) is 46.2 Å². The van der Waals surface area contributed by atoms with Crippen molar-refractivity contribution in [1.82, 2.24) is 0 Å². The fourth-order valence-corrected chi connectivity index (χ4v) is 5.06. The molecule has 188 valence electrons. The van der Waals surface area contributed by atoms with Gasteiger partial charge in [0, 0.05) is 0 Å². The molecule has 2 saturated heterocycles. The van der Waals surface area contributed by atoms with Gasteiger partial charge in [-0.2, -0.15) is 0 Å². The van der Waals surface area contributed by atoms with Gasteiger partial charge in [-0.1, -0.05) is 104 Å². The molecular formula is C31H34O5. The van der Waals surface area contributed by atoms with Crippen LogP contribution in [0.15, 0.2) is 103 Å². The van der Waals surface area contributed by atoms with Gasteiger partial charge in [0.15, 0.2) is 24.3 Å². The third-order valence-corrected chi connectivity index (χ3v) is 6.66. The Labute approximate surface area is 213 Å². The fourth-order valence-electron chi connectivity index (χ4n) is 5.06. The van der Waals surface area contributed by atoms with E-state index < -0.39 is 17.7 Å². The first kappa shape index (κ1) is 24.7. The highest BCUT2D eigenvalue weighted by Gasteiger charge is 2.56. The summed E-state index contributed by atoms with van der Waals surface area (Å²) in [5.74, 6) is -0.723. The SMILES string of the molecule is CC/C=C\O[C@@H]1[C@H]2OC(C)(C)O[C@H]2O[C@@H]1COC(c1ccccc1)(c1ccccc1)c1ccccc1. The average Bonchev–Trinajstić information content (AvgIpc) is 3.38. The number of allylic oxidation sites excluding steroid dienone is 1. The van der Waals surface area contributed by atoms with E-state index in [0.717, 1.165) is 23.1 Å². The lowest BCUT2D eigenvalue weighted by Gasteiger charge is -2.37. The minimum Gasteiger partial charge on any atom is -0.493 e. The average molecular weight is 487 g/mol. The number of hydrogen-bond acceptors (Lipinski definition) is 5. The first-order valence-corrected chi connectivity index (χ1v) is 12.7. The summed E-state index contributed by atoms with van der Waals surface area (Å²) in [6, 6.07) is 31.0. The van der Waals surface area contributed by atoms with E-state index in [1.165, 1.54) is 0 Å². The van der Waals surface area contributed by atoms with Gasteiger partial charge in [-0.3, -0.25) is 0 Å². The minimum atomic E-state index is -0.838. The van der Waals surface area contributed by atoms with Crippen LogP contribution in [0.2, 0.25) is 0 Å². The third kappa shape index (κ3) is 4.84. The largest absolute Gasteiger partial charge is 0.493 e. The second-order valence-corrected chi connectivity index (χ2v) is 9.61. The molecule has 0 unspecified atom stereocenters. The molecule has 0 radical (unpaired) electrons. The van der Waals surface area contributed by atoms with Crippen LogP contribution in [0.4, 0.5) is 0 Å². The van der Waals surface area contributed by atoms with Crippen molar-refractivity contribution in [2.24, 2.45) is 0 Å². The molecule has 2 fully saturated rings. The van der Waals surface area contributed by atoms with Crippen molar-refractivity contribution in [2.75, 3.05) is 6.61 Å². The molecule has 0 aliphatic carbocycles. The van der Waals surface area contributed by atoms with Gasteiger partial charge in [0.2, 0.25) is 0 Å². The molecule has 36 heavy (non-hydrogen) atoms. The summed E-state index contributed by atoms with van der Waals surface area (Å²) in [5, 5.41) is 0. The molecule has 0 spiro atoms. The number of benzene rings is 3. The van der Waals surface area contributed by atoms with Crippen molar-refractivity contribution in [3.63, 3.8) is 0 Å². The number of fused-ring (bicyclic) bond motifs is 1. The molecule has 0 aromatic heterocycles. The molecule has 3 aromatic carbocycles. The van der Waals surface area contributed by atoms with E-state index in [4.69, 9.17) is 23.7 Å². The Kier molecular flexibility index (Phi) is 7.26. The Bertz CT molecular complexity index is 1030. The normalized spacial score (nSPS) is 25.2. The van der Waals surface area contributed by atoms with Crippen LogP contribution in [0, 0.1) is 0 Å². The molecule has 2 aliphatic rings. The molecule has 2 heterocycles. The fraction of sp³-hybridized carbons (Fsp3) is 0.355. The lowest BCUT2D eigenvalue weighted by Crippen LogP contribution is -2.41. The van der Waals surface area contributed by atoms with Gasteiger partial charge in [-0.15, -0.1) is 0 Å². The third-order valence-electron chi connectivity index (χ3n) is 6.66. The second kappa shape index (κ2) is 10.6. The number of hydrogen-bond donors (Lipinski definition) is 0. The van der Waals surface area contributed by atoms with Crippen LogP contribution in [-0.2, 0) is 29.3 Å². The summed E-state index contributed by atoms with van der Waals surface area (Å²) in [6.45, 7) is 6.14. The Hall–Kier alpha value is -2.96. The maximum Gasteiger partial charge on any atom is 0.191 e. The molecule has 0 N–H and O–H groups in total. The first-order valence-electron chi connectivity index (χ1n) is 12.7. The van der Waals surface area contributed by atoms with Crippen LogP contribution in [0.1, 0.15) is 43.9 Å². The van der Waals surface area contributed by atoms with Gasteiger partial charge in [0.1, 0.15) is 11.7 Å². The van der Waals surface area contributed by atoms with Gasteiger partial charge in [0.05, 0.1) is 12.9 Å².